The Bertz CT molecular complexity index is 2630. The normalized spacial score (nSPS) is 18.5. The van der Waals surface area contributed by atoms with Crippen molar-refractivity contribution in [3.8, 4) is 0 Å². The second-order valence-corrected chi connectivity index (χ2v) is 26.1. The second-order valence-electron chi connectivity index (χ2n) is 25.2. The number of ether oxygens (including phenoxy) is 3. The van der Waals surface area contributed by atoms with Gasteiger partial charge in [-0.2, -0.15) is 0 Å². The van der Waals surface area contributed by atoms with Gasteiger partial charge in [0.15, 0.2) is 12.1 Å². The van der Waals surface area contributed by atoms with E-state index < -0.39 is 89.3 Å². The first-order valence-corrected chi connectivity index (χ1v) is 29.9. The number of aromatic nitrogens is 1. The van der Waals surface area contributed by atoms with Gasteiger partial charge in [0.1, 0.15) is 46.6 Å². The van der Waals surface area contributed by atoms with Crippen molar-refractivity contribution in [3.05, 3.63) is 81.8 Å². The molecular formula is C62H95N8O11S+. The summed E-state index contributed by atoms with van der Waals surface area (Å²) in [4.78, 5) is 115. The highest BCUT2D eigenvalue weighted by atomic mass is 32.1. The molecule has 2 heterocycles. The number of thiazole rings is 1. The molecule has 1 aromatic heterocycles. The number of hydrogen-bond acceptors (Lipinski definition) is 13. The van der Waals surface area contributed by atoms with Crippen LogP contribution in [0.2, 0.25) is 0 Å². The van der Waals surface area contributed by atoms with Crippen molar-refractivity contribution in [1.82, 2.24) is 31.2 Å². The summed E-state index contributed by atoms with van der Waals surface area (Å²) in [6, 6.07) is 12.9. The zero-order valence-electron chi connectivity index (χ0n) is 51.7. The maximum absolute atomic E-state index is 14.9. The van der Waals surface area contributed by atoms with Gasteiger partial charge >= 0.3 is 18.0 Å². The fourth-order valence-corrected chi connectivity index (χ4v) is 11.0. The summed E-state index contributed by atoms with van der Waals surface area (Å²) in [7, 11) is 3.77. The van der Waals surface area contributed by atoms with Crippen LogP contribution in [-0.2, 0) is 55.9 Å². The lowest BCUT2D eigenvalue weighted by Crippen LogP contribution is -2.63. The van der Waals surface area contributed by atoms with Crippen molar-refractivity contribution < 1.29 is 57.0 Å². The van der Waals surface area contributed by atoms with E-state index in [1.165, 1.54) is 18.3 Å². The number of benzene rings is 2. The predicted molar refractivity (Wildman–Crippen MR) is 318 cm³/mol. The molecule has 1 unspecified atom stereocenters. The molecule has 0 aliphatic carbocycles. The Morgan fingerprint density at radius 3 is 1.96 bits per heavy atom. The molecule has 3 aromatic rings. The van der Waals surface area contributed by atoms with Crippen LogP contribution in [0.3, 0.4) is 0 Å². The maximum Gasteiger partial charge on any atom is 0.408 e. The number of nitrogens with zero attached hydrogens (tertiary/aromatic N) is 3. The van der Waals surface area contributed by atoms with Gasteiger partial charge in [-0.3, -0.25) is 33.6 Å². The molecule has 0 radical (unpaired) electrons. The van der Waals surface area contributed by atoms with Crippen LogP contribution in [0.15, 0.2) is 60.0 Å². The first kappa shape index (κ1) is 68.1. The summed E-state index contributed by atoms with van der Waals surface area (Å²) in [6.45, 7) is 28.0. The van der Waals surface area contributed by atoms with Crippen LogP contribution in [0.4, 0.5) is 10.5 Å². The van der Waals surface area contributed by atoms with E-state index in [4.69, 9.17) is 19.2 Å². The van der Waals surface area contributed by atoms with Crippen LogP contribution in [0, 0.1) is 23.7 Å². The number of rotatable bonds is 26. The number of carbonyl (C=O) groups excluding carboxylic acids is 8. The number of likely N-dealkylation sites (tertiary alicyclic amines) is 1. The largest absolute Gasteiger partial charge is 0.460 e. The first-order valence-electron chi connectivity index (χ1n) is 29.0. The maximum atomic E-state index is 14.9. The average Bonchev–Trinajstić information content (AvgIpc) is 3.99. The minimum atomic E-state index is -0.926. The van der Waals surface area contributed by atoms with Gasteiger partial charge in [0.25, 0.3) is 11.8 Å². The zero-order valence-corrected chi connectivity index (χ0v) is 52.5. The number of amides is 6. The summed E-state index contributed by atoms with van der Waals surface area (Å²) in [5.41, 5.74) is 1.15. The van der Waals surface area contributed by atoms with Crippen molar-refractivity contribution in [2.75, 3.05) is 26.0 Å². The Hall–Kier alpha value is -6.41. The van der Waals surface area contributed by atoms with Crippen molar-refractivity contribution in [2.45, 2.75) is 209 Å². The van der Waals surface area contributed by atoms with Crippen LogP contribution < -0.4 is 26.6 Å². The van der Waals surface area contributed by atoms with E-state index in [0.717, 1.165) is 30.5 Å². The van der Waals surface area contributed by atoms with E-state index >= 15 is 0 Å². The second kappa shape index (κ2) is 30.2. The van der Waals surface area contributed by atoms with Crippen LogP contribution in [-0.4, -0.2) is 130 Å². The molecule has 0 bridgehead atoms. The lowest BCUT2D eigenvalue weighted by Gasteiger charge is -2.44. The Kier molecular flexibility index (Phi) is 25.1. The van der Waals surface area contributed by atoms with Crippen molar-refractivity contribution >= 4 is 64.6 Å². The van der Waals surface area contributed by atoms with Gasteiger partial charge in [-0.05, 0) is 110 Å². The number of nitrogens with one attached hydrogen (secondary N) is 5. The van der Waals surface area contributed by atoms with Crippen LogP contribution in [0.1, 0.15) is 175 Å². The zero-order chi connectivity index (χ0) is 61.4. The summed E-state index contributed by atoms with van der Waals surface area (Å²) in [6.07, 6.45) is 2.30. The molecule has 19 nitrogen and oxygen atoms in total. The molecule has 0 saturated carbocycles. The molecule has 82 heavy (non-hydrogen) atoms. The summed E-state index contributed by atoms with van der Waals surface area (Å²) in [5.74, 6) is -3.97. The number of quaternary nitrogens is 1. The molecule has 20 heteroatoms. The smallest absolute Gasteiger partial charge is 0.408 e. The van der Waals surface area contributed by atoms with Crippen molar-refractivity contribution in [3.63, 3.8) is 0 Å². The summed E-state index contributed by atoms with van der Waals surface area (Å²) in [5, 5.41) is 16.5. The van der Waals surface area contributed by atoms with Gasteiger partial charge in [0, 0.05) is 55.5 Å². The Morgan fingerprint density at radius 2 is 1.39 bits per heavy atom. The van der Waals surface area contributed by atoms with E-state index in [1.807, 2.05) is 90.9 Å². The highest BCUT2D eigenvalue weighted by Crippen LogP contribution is 2.33. The van der Waals surface area contributed by atoms with Crippen LogP contribution >= 0.6 is 11.3 Å². The molecule has 6 amide bonds. The van der Waals surface area contributed by atoms with Crippen molar-refractivity contribution in [2.24, 2.45) is 23.7 Å². The number of anilines is 1. The number of esters is 2. The molecule has 0 spiro atoms. The molecule has 2 aromatic carbocycles. The third kappa shape index (κ3) is 21.1. The molecule has 1 saturated heterocycles. The summed E-state index contributed by atoms with van der Waals surface area (Å²) >= 11 is 1.18. The molecule has 4 rings (SSSR count). The Balaban J connectivity index is 1.46. The lowest BCUT2D eigenvalue weighted by atomic mass is 9.92. The van der Waals surface area contributed by atoms with Crippen molar-refractivity contribution in [1.29, 1.82) is 0 Å². The van der Waals surface area contributed by atoms with Gasteiger partial charge in [-0.1, -0.05) is 97.4 Å². The SMILES string of the molecule is CC[C@H](C)[C@H](NC(=O)[C@H]1CCCC[N+]1(C)Cc1ccc(NC(=O)[C@H](C)NC(=O)[C@@H](NC(=O)OC(C)(C)C)C(C)C)cc1)C(=O)N(C)[C@H](C[C@@H](OC(C)=O)c1nc(C(=O)N[C@@H](Cc2ccccc2)C[C@H](C)C(=O)OC(C)(C)C)cs1)C(C)C. The van der Waals surface area contributed by atoms with Crippen LogP contribution in [0.5, 0.6) is 0 Å². The van der Waals surface area contributed by atoms with Gasteiger partial charge in [-0.25, -0.2) is 9.78 Å². The monoisotopic (exact) mass is 1160 g/mol. The molecule has 454 valence electrons. The van der Waals surface area contributed by atoms with E-state index in [1.54, 1.807) is 77.9 Å². The minimum absolute atomic E-state index is 0.127. The number of piperidine rings is 1. The highest BCUT2D eigenvalue weighted by molar-refractivity contribution is 7.09. The molecule has 1 aliphatic rings. The quantitative estimate of drug-likeness (QED) is 0.0287. The van der Waals surface area contributed by atoms with Gasteiger partial charge in [-0.15, -0.1) is 11.3 Å². The van der Waals surface area contributed by atoms with Crippen LogP contribution in [0.25, 0.3) is 0 Å². The number of alkyl carbamates (subject to hydrolysis) is 1. The predicted octanol–water partition coefficient (Wildman–Crippen LogP) is 9.05. The average molecular weight is 1160 g/mol. The van der Waals surface area contributed by atoms with E-state index in [2.05, 4.69) is 33.6 Å². The number of hydrogen-bond donors (Lipinski definition) is 5. The number of likely N-dealkylation sites (N-methyl/N-ethyl adjacent to an activating group) is 2. The molecule has 1 aliphatic heterocycles. The lowest BCUT2D eigenvalue weighted by molar-refractivity contribution is -0.942. The summed E-state index contributed by atoms with van der Waals surface area (Å²) < 4.78 is 17.3. The third-order valence-corrected chi connectivity index (χ3v) is 15.8. The van der Waals surface area contributed by atoms with Gasteiger partial charge in [0.05, 0.1) is 19.5 Å². The minimum Gasteiger partial charge on any atom is -0.460 e. The Morgan fingerprint density at radius 1 is 0.756 bits per heavy atom. The van der Waals surface area contributed by atoms with Gasteiger partial charge in [0.2, 0.25) is 17.7 Å². The standard InChI is InChI=1S/C62H94N8O11S/c1-18-39(6)52(67-55(74)49-26-22-23-31-70(49,17)35-44-27-29-45(30-28-44)64-53(72)41(8)63-56(75)51(38(4)5)68-60(78)81-62(13,14)15)58(76)69(16)48(37(2)3)34-50(79-42(9)71)57-66-47(36-82-57)54(73)65-46(33-43-24-20-19-21-25-43)32-40(7)59(77)80-61(10,11)12/h19-21,24-25,27-30,36-41,46,48-52H,18,22-23,26,31-35H2,1-17H3,(H4-,63,64,65,67,68,72,73,74,75,78)/p+1/t39-,40-,41-,46+,48+,49+,50+,51-,52-,70?/m0/s1. The van der Waals surface area contributed by atoms with E-state index in [0.29, 0.717) is 47.4 Å². The Labute approximate surface area is 491 Å². The highest BCUT2D eigenvalue weighted by Gasteiger charge is 2.44. The topological polar surface area (TPSA) is 241 Å². The van der Waals surface area contributed by atoms with E-state index in [9.17, 15) is 38.4 Å². The third-order valence-electron chi connectivity index (χ3n) is 14.9. The van der Waals surface area contributed by atoms with Gasteiger partial charge < -0.3 is 50.2 Å². The van der Waals surface area contributed by atoms with E-state index in [-0.39, 0.29) is 47.7 Å². The first-order chi connectivity index (χ1) is 38.2. The molecule has 10 atom stereocenters. The fourth-order valence-electron chi connectivity index (χ4n) is 10.2. The number of carbonyl (C=O) groups is 8. The molecule has 5 N–H and O–H groups in total. The fraction of sp³-hybridized carbons (Fsp3) is 0.629. The molecular weight excluding hydrogens is 1060 g/mol. The molecule has 1 fully saturated rings.